The number of rotatable bonds is 10. The summed E-state index contributed by atoms with van der Waals surface area (Å²) in [6, 6.07) is 0. The lowest BCUT2D eigenvalue weighted by molar-refractivity contribution is -0.139. The Morgan fingerprint density at radius 3 is 2.42 bits per heavy atom. The Labute approximate surface area is 158 Å². The van der Waals surface area contributed by atoms with Gasteiger partial charge in [0.15, 0.2) is 0 Å². The first kappa shape index (κ1) is 22.6. The monoisotopic (exact) mass is 364 g/mol. The Kier molecular flexibility index (Phi) is 8.75. The Morgan fingerprint density at radius 1 is 1.27 bits per heavy atom. The molecular formula is C22H36O4. The van der Waals surface area contributed by atoms with Gasteiger partial charge in [0.2, 0.25) is 0 Å². The van der Waals surface area contributed by atoms with Crippen LogP contribution in [-0.2, 0) is 14.3 Å². The third-order valence-electron chi connectivity index (χ3n) is 5.77. The Bertz CT molecular complexity index is 560. The molecule has 1 aliphatic heterocycles. The van der Waals surface area contributed by atoms with Gasteiger partial charge in [-0.25, -0.2) is 0 Å². The van der Waals surface area contributed by atoms with E-state index in [1.807, 2.05) is 47.6 Å². The molecule has 0 aliphatic carbocycles. The molecule has 4 heteroatoms. The molecule has 1 aliphatic rings. The number of carbonyl (C=O) groups is 2. The average Bonchev–Trinajstić information content (AvgIpc) is 2.99. The first-order valence-electron chi connectivity index (χ1n) is 9.93. The third kappa shape index (κ3) is 5.54. The Hall–Kier alpha value is -1.42. The van der Waals surface area contributed by atoms with Crippen molar-refractivity contribution in [1.29, 1.82) is 0 Å². The van der Waals surface area contributed by atoms with Crippen LogP contribution in [0.5, 0.6) is 0 Å². The molecule has 1 rings (SSSR count). The van der Waals surface area contributed by atoms with E-state index in [1.54, 1.807) is 6.26 Å². The fraction of sp³-hybridized carbons (Fsp3) is 0.727. The highest BCUT2D eigenvalue weighted by atomic mass is 16.5. The van der Waals surface area contributed by atoms with Crippen LogP contribution in [0.4, 0.5) is 0 Å². The van der Waals surface area contributed by atoms with Gasteiger partial charge in [0.1, 0.15) is 5.78 Å². The van der Waals surface area contributed by atoms with E-state index < -0.39 is 6.10 Å². The van der Waals surface area contributed by atoms with Gasteiger partial charge in [-0.15, -0.1) is 0 Å². The van der Waals surface area contributed by atoms with E-state index in [-0.39, 0.29) is 41.3 Å². The summed E-state index contributed by atoms with van der Waals surface area (Å²) in [4.78, 5) is 24.4. The van der Waals surface area contributed by atoms with E-state index in [0.29, 0.717) is 0 Å². The maximum absolute atomic E-state index is 12.6. The number of ether oxygens (including phenoxy) is 1. The van der Waals surface area contributed by atoms with Gasteiger partial charge < -0.3 is 9.84 Å². The van der Waals surface area contributed by atoms with Crippen molar-refractivity contribution in [1.82, 2.24) is 0 Å². The molecule has 0 radical (unpaired) electrons. The van der Waals surface area contributed by atoms with Gasteiger partial charge in [-0.05, 0) is 37.2 Å². The predicted molar refractivity (Wildman–Crippen MR) is 104 cm³/mol. The maximum atomic E-state index is 12.6. The topological polar surface area (TPSA) is 63.6 Å². The summed E-state index contributed by atoms with van der Waals surface area (Å²) in [7, 11) is 0. The molecule has 26 heavy (non-hydrogen) atoms. The largest absolute Gasteiger partial charge is 0.434 e. The zero-order chi connectivity index (χ0) is 20.0. The highest BCUT2D eigenvalue weighted by Gasteiger charge is 2.32. The van der Waals surface area contributed by atoms with Crippen molar-refractivity contribution >= 4 is 11.8 Å². The summed E-state index contributed by atoms with van der Waals surface area (Å²) >= 11 is 0. The smallest absolute Gasteiger partial charge is 0.318 e. The number of ketones is 1. The highest BCUT2D eigenvalue weighted by molar-refractivity contribution is 5.85. The minimum Gasteiger partial charge on any atom is -0.434 e. The van der Waals surface area contributed by atoms with Gasteiger partial charge in [0.05, 0.1) is 18.3 Å². The number of cyclic esters (lactones) is 1. The van der Waals surface area contributed by atoms with E-state index in [1.165, 1.54) is 0 Å². The van der Waals surface area contributed by atoms with Crippen LogP contribution in [0.1, 0.15) is 67.7 Å². The second kappa shape index (κ2) is 10.1. The Balaban J connectivity index is 2.71. The summed E-state index contributed by atoms with van der Waals surface area (Å²) in [5.74, 6) is -0.496. The first-order chi connectivity index (χ1) is 12.1. The summed E-state index contributed by atoms with van der Waals surface area (Å²) in [6.07, 6.45) is 5.40. The van der Waals surface area contributed by atoms with Crippen LogP contribution in [0.2, 0.25) is 0 Å². The number of hydrogen-bond donors (Lipinski definition) is 1. The van der Waals surface area contributed by atoms with Crippen molar-refractivity contribution in [2.24, 2.45) is 29.6 Å². The standard InChI is InChI=1S/C22H36O4/c1-8-14(4)20(23)17(7)21(24)16(6)11-13(3)10-15(5)19-12-26-22(25)18(19)9-2/h11-12,14-18,20,23H,8-10H2,1-7H3/b13-11+/t14-,15+,16-,17+,18+,20-/m1/s1. The van der Waals surface area contributed by atoms with Crippen molar-refractivity contribution in [2.75, 3.05) is 0 Å². The molecule has 4 nitrogen and oxygen atoms in total. The van der Waals surface area contributed by atoms with Crippen LogP contribution in [0.25, 0.3) is 0 Å². The molecule has 148 valence electrons. The van der Waals surface area contributed by atoms with Crippen LogP contribution in [0.3, 0.4) is 0 Å². The zero-order valence-corrected chi connectivity index (χ0v) is 17.4. The maximum Gasteiger partial charge on any atom is 0.318 e. The summed E-state index contributed by atoms with van der Waals surface area (Å²) < 4.78 is 5.08. The molecule has 6 atom stereocenters. The van der Waals surface area contributed by atoms with Crippen LogP contribution in [0.15, 0.2) is 23.5 Å². The quantitative estimate of drug-likeness (QED) is 0.452. The zero-order valence-electron chi connectivity index (χ0n) is 17.4. The SMILES string of the molecule is CC[C@@H]1C(=O)OC=C1[C@@H](C)C/C(C)=C/[C@@H](C)C(=O)[C@@H](C)[C@H](O)[C@H](C)CC. The molecule has 1 N–H and O–H groups in total. The van der Waals surface area contributed by atoms with Crippen LogP contribution >= 0.6 is 0 Å². The molecule has 1 heterocycles. The lowest BCUT2D eigenvalue weighted by Crippen LogP contribution is -2.33. The van der Waals surface area contributed by atoms with Crippen LogP contribution < -0.4 is 0 Å². The normalized spacial score (nSPS) is 23.7. The molecular weight excluding hydrogens is 328 g/mol. The molecule has 0 spiro atoms. The summed E-state index contributed by atoms with van der Waals surface area (Å²) in [5, 5.41) is 10.3. The summed E-state index contributed by atoms with van der Waals surface area (Å²) in [5.41, 5.74) is 2.17. The molecule has 0 fully saturated rings. The second-order valence-electron chi connectivity index (χ2n) is 7.99. The van der Waals surface area contributed by atoms with Crippen LogP contribution in [-0.4, -0.2) is 23.0 Å². The van der Waals surface area contributed by atoms with Crippen molar-refractivity contribution in [3.05, 3.63) is 23.5 Å². The molecule has 0 saturated heterocycles. The molecule has 0 unspecified atom stereocenters. The van der Waals surface area contributed by atoms with Gasteiger partial charge >= 0.3 is 5.97 Å². The molecule has 0 aromatic rings. The van der Waals surface area contributed by atoms with Gasteiger partial charge in [-0.1, -0.05) is 59.6 Å². The van der Waals surface area contributed by atoms with Crippen LogP contribution in [0, 0.1) is 29.6 Å². The fourth-order valence-electron chi connectivity index (χ4n) is 3.78. The molecule has 0 bridgehead atoms. The minimum absolute atomic E-state index is 0.0785. The fourth-order valence-corrected chi connectivity index (χ4v) is 3.78. The number of aliphatic hydroxyl groups excluding tert-OH is 1. The van der Waals surface area contributed by atoms with Crippen molar-refractivity contribution in [3.63, 3.8) is 0 Å². The van der Waals surface area contributed by atoms with E-state index in [2.05, 4.69) is 6.92 Å². The number of Topliss-reactive ketones (excluding diaryl/α,β-unsaturated/α-hetero) is 1. The predicted octanol–water partition coefficient (Wildman–Crippen LogP) is 4.67. The van der Waals surface area contributed by atoms with E-state index in [9.17, 15) is 14.7 Å². The van der Waals surface area contributed by atoms with E-state index >= 15 is 0 Å². The van der Waals surface area contributed by atoms with Gasteiger partial charge in [-0.3, -0.25) is 9.59 Å². The average molecular weight is 365 g/mol. The molecule has 0 aromatic carbocycles. The van der Waals surface area contributed by atoms with E-state index in [0.717, 1.165) is 30.4 Å². The van der Waals surface area contributed by atoms with Gasteiger partial charge in [-0.2, -0.15) is 0 Å². The molecule has 0 amide bonds. The van der Waals surface area contributed by atoms with Gasteiger partial charge in [0, 0.05) is 11.8 Å². The van der Waals surface area contributed by atoms with Gasteiger partial charge in [0.25, 0.3) is 0 Å². The lowest BCUT2D eigenvalue weighted by Gasteiger charge is -2.25. The number of allylic oxidation sites excluding steroid dienone is 2. The lowest BCUT2D eigenvalue weighted by atomic mass is 9.82. The number of carbonyl (C=O) groups excluding carboxylic acids is 2. The van der Waals surface area contributed by atoms with E-state index in [4.69, 9.17) is 4.74 Å². The molecule has 0 aromatic heterocycles. The van der Waals surface area contributed by atoms with Crippen molar-refractivity contribution in [3.8, 4) is 0 Å². The number of aliphatic hydroxyl groups is 1. The highest BCUT2D eigenvalue weighted by Crippen LogP contribution is 2.33. The Morgan fingerprint density at radius 2 is 1.88 bits per heavy atom. The first-order valence-corrected chi connectivity index (χ1v) is 9.93. The summed E-state index contributed by atoms with van der Waals surface area (Å²) in [6.45, 7) is 13.8. The number of hydrogen-bond acceptors (Lipinski definition) is 4. The van der Waals surface area contributed by atoms with Crippen molar-refractivity contribution in [2.45, 2.75) is 73.8 Å². The second-order valence-corrected chi connectivity index (χ2v) is 7.99. The minimum atomic E-state index is -0.598. The third-order valence-corrected chi connectivity index (χ3v) is 5.77. The number of esters is 1. The molecule has 0 saturated carbocycles. The van der Waals surface area contributed by atoms with Crippen molar-refractivity contribution < 1.29 is 19.4 Å².